The van der Waals surface area contributed by atoms with Gasteiger partial charge >= 0.3 is 12.0 Å². The Bertz CT molecular complexity index is 518. The highest BCUT2D eigenvalue weighted by atomic mass is 32.1. The first kappa shape index (κ1) is 15.7. The Morgan fingerprint density at radius 1 is 1.38 bits per heavy atom. The number of aromatic nitrogens is 1. The van der Waals surface area contributed by atoms with Crippen molar-refractivity contribution in [2.75, 3.05) is 25.1 Å². The van der Waals surface area contributed by atoms with Crippen LogP contribution >= 0.6 is 11.3 Å². The molecule has 0 radical (unpaired) electrons. The van der Waals surface area contributed by atoms with Crippen LogP contribution in [0.2, 0.25) is 0 Å². The molecule has 21 heavy (non-hydrogen) atoms. The molecule has 0 aromatic carbocycles. The summed E-state index contributed by atoms with van der Waals surface area (Å²) in [5.41, 5.74) is -0.0636. The smallest absolute Gasteiger partial charge is 0.321 e. The Labute approximate surface area is 126 Å². The van der Waals surface area contributed by atoms with E-state index in [9.17, 15) is 14.7 Å². The maximum atomic E-state index is 11.9. The molecule has 0 aliphatic carbocycles. The van der Waals surface area contributed by atoms with E-state index in [0.717, 1.165) is 10.6 Å². The lowest BCUT2D eigenvalue weighted by Crippen LogP contribution is -2.47. The molecule has 116 valence electrons. The largest absolute Gasteiger partial charge is 0.481 e. The molecule has 0 atom stereocenters. The van der Waals surface area contributed by atoms with Gasteiger partial charge in [0.05, 0.1) is 11.1 Å². The van der Waals surface area contributed by atoms with Crippen molar-refractivity contribution < 1.29 is 19.4 Å². The summed E-state index contributed by atoms with van der Waals surface area (Å²) in [6.45, 7) is 4.69. The van der Waals surface area contributed by atoms with Crippen molar-refractivity contribution >= 4 is 28.5 Å². The monoisotopic (exact) mass is 313 g/mol. The molecule has 1 aromatic heterocycles. The van der Waals surface area contributed by atoms with E-state index < -0.39 is 17.4 Å². The van der Waals surface area contributed by atoms with Crippen LogP contribution in [0.3, 0.4) is 0 Å². The number of hydrogen-bond donors (Lipinski definition) is 3. The number of anilines is 1. The number of nitrogens with zero attached hydrogens (tertiary/aromatic N) is 1. The first-order chi connectivity index (χ1) is 9.93. The number of carbonyl (C=O) groups excluding carboxylic acids is 1. The third kappa shape index (κ3) is 3.70. The SMILES string of the molecule is Cc1nc(NC(=O)NCC2(C(=O)O)CCOCC2)sc1C. The van der Waals surface area contributed by atoms with Crippen LogP contribution < -0.4 is 10.6 Å². The summed E-state index contributed by atoms with van der Waals surface area (Å²) < 4.78 is 5.19. The summed E-state index contributed by atoms with van der Waals surface area (Å²) in [5.74, 6) is -0.896. The molecule has 0 unspecified atom stereocenters. The number of urea groups is 1. The Balaban J connectivity index is 1.91. The fourth-order valence-corrected chi connectivity index (χ4v) is 2.96. The Kier molecular flexibility index (Phi) is 4.79. The minimum atomic E-state index is -0.940. The molecular weight excluding hydrogens is 294 g/mol. The van der Waals surface area contributed by atoms with Gasteiger partial charge in [-0.3, -0.25) is 10.1 Å². The number of rotatable bonds is 4. The Hall–Kier alpha value is -1.67. The van der Waals surface area contributed by atoms with Crippen LogP contribution in [-0.2, 0) is 9.53 Å². The molecule has 7 nitrogen and oxygen atoms in total. The van der Waals surface area contributed by atoms with Crippen molar-refractivity contribution in [3.63, 3.8) is 0 Å². The van der Waals surface area contributed by atoms with Crippen molar-refractivity contribution in [2.24, 2.45) is 5.41 Å². The molecule has 3 N–H and O–H groups in total. The van der Waals surface area contributed by atoms with Crippen LogP contribution in [0.25, 0.3) is 0 Å². The van der Waals surface area contributed by atoms with Gasteiger partial charge in [0.1, 0.15) is 0 Å². The normalized spacial score (nSPS) is 17.2. The van der Waals surface area contributed by atoms with Crippen LogP contribution in [0, 0.1) is 19.3 Å². The maximum absolute atomic E-state index is 11.9. The quantitative estimate of drug-likeness (QED) is 0.786. The van der Waals surface area contributed by atoms with Crippen molar-refractivity contribution in [2.45, 2.75) is 26.7 Å². The predicted octanol–water partition coefficient (Wildman–Crippen LogP) is 1.76. The van der Waals surface area contributed by atoms with Gasteiger partial charge in [0.2, 0.25) is 0 Å². The minimum absolute atomic E-state index is 0.0842. The number of amides is 2. The van der Waals surface area contributed by atoms with Gasteiger partial charge in [-0.15, -0.1) is 11.3 Å². The van der Waals surface area contributed by atoms with Crippen LogP contribution in [0.4, 0.5) is 9.93 Å². The molecule has 0 saturated carbocycles. The predicted molar refractivity (Wildman–Crippen MR) is 78.7 cm³/mol. The van der Waals surface area contributed by atoms with Gasteiger partial charge in [-0.05, 0) is 26.7 Å². The van der Waals surface area contributed by atoms with Gasteiger partial charge in [-0.2, -0.15) is 0 Å². The van der Waals surface area contributed by atoms with Crippen molar-refractivity contribution in [1.82, 2.24) is 10.3 Å². The summed E-state index contributed by atoms with van der Waals surface area (Å²) in [4.78, 5) is 28.6. The zero-order chi connectivity index (χ0) is 15.5. The lowest BCUT2D eigenvalue weighted by atomic mass is 9.80. The summed E-state index contributed by atoms with van der Waals surface area (Å²) in [5, 5.41) is 15.2. The zero-order valence-electron chi connectivity index (χ0n) is 12.1. The van der Waals surface area contributed by atoms with E-state index in [2.05, 4.69) is 15.6 Å². The molecule has 2 heterocycles. The van der Waals surface area contributed by atoms with Crippen LogP contribution in [-0.4, -0.2) is 41.8 Å². The van der Waals surface area contributed by atoms with E-state index in [4.69, 9.17) is 4.74 Å². The van der Waals surface area contributed by atoms with Gasteiger partial charge in [-0.25, -0.2) is 9.78 Å². The summed E-state index contributed by atoms with van der Waals surface area (Å²) >= 11 is 1.39. The van der Waals surface area contributed by atoms with Gasteiger partial charge < -0.3 is 15.2 Å². The van der Waals surface area contributed by atoms with Gasteiger partial charge in [-0.1, -0.05) is 0 Å². The molecule has 2 amide bonds. The number of carbonyl (C=O) groups is 2. The number of aryl methyl sites for hydroxylation is 2. The number of ether oxygens (including phenoxy) is 1. The third-order valence-corrected chi connectivity index (χ3v) is 4.73. The number of carboxylic acids is 1. The van der Waals surface area contributed by atoms with Gasteiger partial charge in [0, 0.05) is 24.6 Å². The lowest BCUT2D eigenvalue weighted by molar-refractivity contribution is -0.154. The second-order valence-electron chi connectivity index (χ2n) is 5.17. The number of aliphatic carboxylic acids is 1. The molecule has 1 aromatic rings. The second-order valence-corrected chi connectivity index (χ2v) is 6.37. The molecule has 1 aliphatic heterocycles. The molecule has 0 bridgehead atoms. The van der Waals surface area contributed by atoms with E-state index >= 15 is 0 Å². The van der Waals surface area contributed by atoms with Crippen LogP contribution in [0.15, 0.2) is 0 Å². The number of carboxylic acid groups (broad SMARTS) is 1. The highest BCUT2D eigenvalue weighted by Crippen LogP contribution is 2.30. The first-order valence-electron chi connectivity index (χ1n) is 6.73. The summed E-state index contributed by atoms with van der Waals surface area (Å²) in [6.07, 6.45) is 0.802. The highest BCUT2D eigenvalue weighted by molar-refractivity contribution is 7.15. The van der Waals surface area contributed by atoms with E-state index in [0.29, 0.717) is 31.2 Å². The number of thiazole rings is 1. The Morgan fingerprint density at radius 3 is 2.57 bits per heavy atom. The number of hydrogen-bond acceptors (Lipinski definition) is 5. The summed E-state index contributed by atoms with van der Waals surface area (Å²) in [6, 6.07) is -0.434. The molecule has 1 saturated heterocycles. The van der Waals surface area contributed by atoms with Crippen molar-refractivity contribution in [3.8, 4) is 0 Å². The van der Waals surface area contributed by atoms with Crippen LogP contribution in [0.5, 0.6) is 0 Å². The minimum Gasteiger partial charge on any atom is -0.481 e. The van der Waals surface area contributed by atoms with E-state index in [1.807, 2.05) is 13.8 Å². The average molecular weight is 313 g/mol. The fraction of sp³-hybridized carbons (Fsp3) is 0.615. The molecule has 1 aliphatic rings. The number of nitrogens with one attached hydrogen (secondary N) is 2. The fourth-order valence-electron chi connectivity index (χ4n) is 2.15. The van der Waals surface area contributed by atoms with E-state index in [1.165, 1.54) is 11.3 Å². The van der Waals surface area contributed by atoms with Crippen molar-refractivity contribution in [3.05, 3.63) is 10.6 Å². The topological polar surface area (TPSA) is 101 Å². The third-order valence-electron chi connectivity index (χ3n) is 3.74. The first-order valence-corrected chi connectivity index (χ1v) is 7.55. The van der Waals surface area contributed by atoms with Gasteiger partial charge in [0.25, 0.3) is 0 Å². The lowest BCUT2D eigenvalue weighted by Gasteiger charge is -2.33. The van der Waals surface area contributed by atoms with Gasteiger partial charge in [0.15, 0.2) is 5.13 Å². The Morgan fingerprint density at radius 2 is 2.05 bits per heavy atom. The molecule has 8 heteroatoms. The average Bonchev–Trinajstić information content (AvgIpc) is 2.76. The molecule has 1 fully saturated rings. The molecular formula is C13H19N3O4S. The summed E-state index contributed by atoms with van der Waals surface area (Å²) in [7, 11) is 0. The molecule has 2 rings (SSSR count). The van der Waals surface area contributed by atoms with Crippen LogP contribution in [0.1, 0.15) is 23.4 Å². The van der Waals surface area contributed by atoms with E-state index in [-0.39, 0.29) is 6.54 Å². The molecule has 0 spiro atoms. The maximum Gasteiger partial charge on any atom is 0.321 e. The van der Waals surface area contributed by atoms with Crippen molar-refractivity contribution in [1.29, 1.82) is 0 Å². The zero-order valence-corrected chi connectivity index (χ0v) is 12.9. The highest BCUT2D eigenvalue weighted by Gasteiger charge is 2.40. The standard InChI is InChI=1S/C13H19N3O4S/c1-8-9(2)21-12(15-8)16-11(19)14-7-13(10(17)18)3-5-20-6-4-13/h3-7H2,1-2H3,(H,17,18)(H2,14,15,16,19). The van der Waals surface area contributed by atoms with E-state index in [1.54, 1.807) is 0 Å². The second kappa shape index (κ2) is 6.40.